The van der Waals surface area contributed by atoms with Crippen LogP contribution in [0.25, 0.3) is 0 Å². The topological polar surface area (TPSA) is 95.3 Å². The van der Waals surface area contributed by atoms with Crippen molar-refractivity contribution in [3.63, 3.8) is 0 Å². The summed E-state index contributed by atoms with van der Waals surface area (Å²) in [5.74, 6) is -4.53. The highest BCUT2D eigenvalue weighted by molar-refractivity contribution is 5.02. The lowest BCUT2D eigenvalue weighted by Crippen LogP contribution is -2.41. The summed E-state index contributed by atoms with van der Waals surface area (Å²) < 4.78 is 28.3. The summed E-state index contributed by atoms with van der Waals surface area (Å²) in [6.45, 7) is -0.592. The van der Waals surface area contributed by atoms with Gasteiger partial charge in [0.1, 0.15) is 12.1 Å². The molecule has 3 unspecified atom stereocenters. The van der Waals surface area contributed by atoms with Crippen molar-refractivity contribution in [1.29, 1.82) is 0 Å². The quantitative estimate of drug-likeness (QED) is 0.642. The van der Waals surface area contributed by atoms with Crippen molar-refractivity contribution in [1.82, 2.24) is 9.55 Å². The van der Waals surface area contributed by atoms with Crippen LogP contribution in [0.1, 0.15) is 12.5 Å². The van der Waals surface area contributed by atoms with Gasteiger partial charge in [0.15, 0.2) is 0 Å². The minimum Gasteiger partial charge on any atom is -0.396 e. The van der Waals surface area contributed by atoms with E-state index in [2.05, 4.69) is 0 Å². The molecular formula is C10H12F2N2O4. The monoisotopic (exact) mass is 262 g/mol. The molecule has 2 rings (SSSR count). The lowest BCUT2D eigenvalue weighted by atomic mass is 10.1. The van der Waals surface area contributed by atoms with Gasteiger partial charge in [-0.15, -0.1) is 0 Å². The van der Waals surface area contributed by atoms with E-state index in [4.69, 9.17) is 5.11 Å². The van der Waals surface area contributed by atoms with E-state index in [-0.39, 0.29) is 6.42 Å². The summed E-state index contributed by atoms with van der Waals surface area (Å²) >= 11 is 0. The van der Waals surface area contributed by atoms with E-state index >= 15 is 0 Å². The fourth-order valence-electron chi connectivity index (χ4n) is 2.23. The Bertz CT molecular complexity index is 553. The molecular weight excluding hydrogens is 250 g/mol. The first-order chi connectivity index (χ1) is 8.37. The predicted octanol–water partition coefficient (Wildman–Crippen LogP) is -0.914. The Balaban J connectivity index is 2.45. The molecule has 1 saturated carbocycles. The molecule has 0 spiro atoms. The first kappa shape index (κ1) is 12.9. The molecule has 6 nitrogen and oxygen atoms in total. The lowest BCUT2D eigenvalue weighted by molar-refractivity contribution is -0.123. The molecule has 3 atom stereocenters. The Morgan fingerprint density at radius 1 is 1.50 bits per heavy atom. The van der Waals surface area contributed by atoms with Crippen LogP contribution in [-0.2, 0) is 0 Å². The zero-order chi connectivity index (χ0) is 13.5. The number of aliphatic hydroxyl groups excluding tert-OH is 2. The van der Waals surface area contributed by atoms with Crippen molar-refractivity contribution in [2.45, 2.75) is 24.5 Å². The zero-order valence-electron chi connectivity index (χ0n) is 9.22. The van der Waals surface area contributed by atoms with E-state index in [0.717, 1.165) is 12.3 Å². The van der Waals surface area contributed by atoms with Gasteiger partial charge >= 0.3 is 5.69 Å². The van der Waals surface area contributed by atoms with Crippen molar-refractivity contribution in [2.24, 2.45) is 5.92 Å². The minimum atomic E-state index is -3.53. The van der Waals surface area contributed by atoms with Crippen LogP contribution in [0.3, 0.4) is 0 Å². The average molecular weight is 262 g/mol. The van der Waals surface area contributed by atoms with Crippen molar-refractivity contribution in [2.75, 3.05) is 6.61 Å². The third kappa shape index (κ3) is 1.87. The van der Waals surface area contributed by atoms with Crippen molar-refractivity contribution in [3.05, 3.63) is 33.1 Å². The maximum Gasteiger partial charge on any atom is 0.328 e. The molecule has 0 amide bonds. The summed E-state index contributed by atoms with van der Waals surface area (Å²) in [5, 5.41) is 18.3. The molecule has 0 saturated heterocycles. The highest BCUT2D eigenvalue weighted by Crippen LogP contribution is 2.46. The van der Waals surface area contributed by atoms with Crippen LogP contribution in [0.2, 0.25) is 0 Å². The Morgan fingerprint density at radius 3 is 2.67 bits per heavy atom. The summed E-state index contributed by atoms with van der Waals surface area (Å²) in [6, 6.07) is -0.621. The molecule has 18 heavy (non-hydrogen) atoms. The number of alkyl halides is 2. The lowest BCUT2D eigenvalue weighted by Gasteiger charge is -2.23. The second kappa shape index (κ2) is 4.29. The van der Waals surface area contributed by atoms with Gasteiger partial charge in [-0.2, -0.15) is 0 Å². The highest BCUT2D eigenvalue weighted by atomic mass is 19.3. The van der Waals surface area contributed by atoms with E-state index < -0.39 is 41.8 Å². The maximum atomic E-state index is 13.8. The molecule has 0 aromatic carbocycles. The van der Waals surface area contributed by atoms with Gasteiger partial charge < -0.3 is 10.2 Å². The molecule has 1 aliphatic rings. The van der Waals surface area contributed by atoms with E-state index in [9.17, 15) is 23.5 Å². The molecule has 1 aliphatic carbocycles. The standard InChI is InChI=1S/C10H12F2N2O4/c11-10(12)6(3-5(4-15)8(10)17)14-2-1-7(16)13-9(14)18/h1-2,5-6,8,15,17H,3-4H2,(H,13,16,18). The zero-order valence-corrected chi connectivity index (χ0v) is 9.22. The third-order valence-corrected chi connectivity index (χ3v) is 3.23. The van der Waals surface area contributed by atoms with Gasteiger partial charge in [-0.1, -0.05) is 0 Å². The number of halogens is 2. The number of aromatic amines is 1. The predicted molar refractivity (Wildman–Crippen MR) is 56.5 cm³/mol. The number of hydrogen-bond donors (Lipinski definition) is 3. The number of H-pyrrole nitrogens is 1. The third-order valence-electron chi connectivity index (χ3n) is 3.23. The SMILES string of the molecule is O=c1ccn(C2CC(CO)C(O)C2(F)F)c(=O)[nH]1. The number of rotatable bonds is 2. The van der Waals surface area contributed by atoms with E-state index in [0.29, 0.717) is 4.57 Å². The minimum absolute atomic E-state index is 0.239. The largest absolute Gasteiger partial charge is 0.396 e. The maximum absolute atomic E-state index is 13.8. The van der Waals surface area contributed by atoms with Crippen LogP contribution < -0.4 is 11.2 Å². The fraction of sp³-hybridized carbons (Fsp3) is 0.600. The van der Waals surface area contributed by atoms with Crippen molar-refractivity contribution in [3.8, 4) is 0 Å². The Labute approximate surface area is 99.5 Å². The van der Waals surface area contributed by atoms with E-state index in [1.807, 2.05) is 4.98 Å². The van der Waals surface area contributed by atoms with Gasteiger partial charge in [-0.05, 0) is 6.42 Å². The van der Waals surface area contributed by atoms with Crippen LogP contribution in [0.15, 0.2) is 21.9 Å². The highest BCUT2D eigenvalue weighted by Gasteiger charge is 2.57. The first-order valence-electron chi connectivity index (χ1n) is 5.36. The molecule has 8 heteroatoms. The van der Waals surface area contributed by atoms with E-state index in [1.165, 1.54) is 0 Å². The Morgan fingerprint density at radius 2 is 2.17 bits per heavy atom. The summed E-state index contributed by atoms with van der Waals surface area (Å²) in [4.78, 5) is 24.2. The van der Waals surface area contributed by atoms with Crippen molar-refractivity contribution >= 4 is 0 Å². The van der Waals surface area contributed by atoms with Gasteiger partial charge in [0, 0.05) is 24.8 Å². The Hall–Kier alpha value is -1.54. The van der Waals surface area contributed by atoms with Gasteiger partial charge in [0.2, 0.25) is 0 Å². The molecule has 0 bridgehead atoms. The molecule has 1 heterocycles. The molecule has 1 aromatic heterocycles. The Kier molecular flexibility index (Phi) is 3.07. The second-order valence-electron chi connectivity index (χ2n) is 4.33. The second-order valence-corrected chi connectivity index (χ2v) is 4.33. The van der Waals surface area contributed by atoms with Crippen molar-refractivity contribution < 1.29 is 19.0 Å². The van der Waals surface area contributed by atoms with Crippen LogP contribution in [0.4, 0.5) is 8.78 Å². The molecule has 100 valence electrons. The average Bonchev–Trinajstić information content (AvgIpc) is 2.52. The number of aliphatic hydroxyl groups is 2. The molecule has 1 aromatic rings. The number of hydrogen-bond acceptors (Lipinski definition) is 4. The molecule has 0 aliphatic heterocycles. The van der Waals surface area contributed by atoms with Gasteiger partial charge in [0.05, 0.1) is 0 Å². The number of aromatic nitrogens is 2. The molecule has 1 fully saturated rings. The molecule has 3 N–H and O–H groups in total. The van der Waals surface area contributed by atoms with Gasteiger partial charge in [0.25, 0.3) is 11.5 Å². The summed E-state index contributed by atoms with van der Waals surface area (Å²) in [6.07, 6.45) is -1.28. The van der Waals surface area contributed by atoms with Gasteiger partial charge in [-0.25, -0.2) is 13.6 Å². The number of nitrogens with zero attached hydrogens (tertiary/aromatic N) is 1. The van der Waals surface area contributed by atoms with Crippen LogP contribution in [0.5, 0.6) is 0 Å². The summed E-state index contributed by atoms with van der Waals surface area (Å²) in [7, 11) is 0. The first-order valence-corrected chi connectivity index (χ1v) is 5.36. The summed E-state index contributed by atoms with van der Waals surface area (Å²) in [5.41, 5.74) is -1.64. The van der Waals surface area contributed by atoms with Crippen LogP contribution in [0, 0.1) is 5.92 Å². The fourth-order valence-corrected chi connectivity index (χ4v) is 2.23. The smallest absolute Gasteiger partial charge is 0.328 e. The normalized spacial score (nSPS) is 30.6. The van der Waals surface area contributed by atoms with E-state index in [1.54, 1.807) is 0 Å². The van der Waals surface area contributed by atoms with Crippen LogP contribution in [-0.4, -0.2) is 38.4 Å². The number of nitrogens with one attached hydrogen (secondary N) is 1. The molecule has 0 radical (unpaired) electrons. The van der Waals surface area contributed by atoms with Crippen LogP contribution >= 0.6 is 0 Å². The van der Waals surface area contributed by atoms with Gasteiger partial charge in [-0.3, -0.25) is 14.3 Å².